The van der Waals surface area contributed by atoms with Gasteiger partial charge in [0, 0.05) is 30.2 Å². The average molecular weight is 267 g/mol. The fourth-order valence-electron chi connectivity index (χ4n) is 1.66. The lowest BCUT2D eigenvalue weighted by atomic mass is 10.1. The Morgan fingerprint density at radius 1 is 1.38 bits per heavy atom. The van der Waals surface area contributed by atoms with E-state index < -0.39 is 10.0 Å². The zero-order valence-electron chi connectivity index (χ0n) is 9.98. The molecular weight excluding hydrogens is 246 g/mol. The molecule has 1 N–H and O–H groups in total. The summed E-state index contributed by atoms with van der Waals surface area (Å²) in [7, 11) is -3.16. The largest absolute Gasteiger partial charge is 0.396 e. The van der Waals surface area contributed by atoms with Crippen LogP contribution in [0.25, 0.3) is 0 Å². The zero-order chi connectivity index (χ0) is 12.2. The summed E-state index contributed by atoms with van der Waals surface area (Å²) in [5.74, 6) is 0.917. The minimum absolute atomic E-state index is 0.0622. The van der Waals surface area contributed by atoms with E-state index in [0.717, 1.165) is 12.2 Å². The first-order chi connectivity index (χ1) is 7.37. The van der Waals surface area contributed by atoms with Crippen molar-refractivity contribution in [2.45, 2.75) is 31.4 Å². The summed E-state index contributed by atoms with van der Waals surface area (Å²) in [6, 6.07) is 0. The van der Waals surface area contributed by atoms with Crippen LogP contribution in [0.2, 0.25) is 0 Å². The number of nitrogens with zero attached hydrogens (tertiary/aromatic N) is 1. The topological polar surface area (TPSA) is 57.6 Å². The second-order valence-corrected chi connectivity index (χ2v) is 8.54. The first kappa shape index (κ1) is 14.3. The second kappa shape index (κ2) is 5.71. The van der Waals surface area contributed by atoms with Crippen LogP contribution in [0, 0.1) is 0 Å². The summed E-state index contributed by atoms with van der Waals surface area (Å²) in [6.45, 7) is 5.45. The lowest BCUT2D eigenvalue weighted by Crippen LogP contribution is -2.35. The van der Waals surface area contributed by atoms with Crippen LogP contribution in [0.3, 0.4) is 0 Å². The van der Waals surface area contributed by atoms with Crippen molar-refractivity contribution >= 4 is 21.8 Å². The number of aliphatic hydroxyl groups excluding tert-OH is 1. The highest BCUT2D eigenvalue weighted by atomic mass is 32.2. The van der Waals surface area contributed by atoms with Gasteiger partial charge in [0.1, 0.15) is 0 Å². The van der Waals surface area contributed by atoms with Crippen LogP contribution < -0.4 is 0 Å². The minimum atomic E-state index is -3.16. The van der Waals surface area contributed by atoms with Gasteiger partial charge in [-0.1, -0.05) is 13.8 Å². The number of sulfonamides is 1. The highest BCUT2D eigenvalue weighted by Crippen LogP contribution is 2.31. The maximum atomic E-state index is 11.9. The van der Waals surface area contributed by atoms with E-state index in [1.807, 2.05) is 11.8 Å². The van der Waals surface area contributed by atoms with Crippen LogP contribution in [0.4, 0.5) is 0 Å². The van der Waals surface area contributed by atoms with E-state index in [4.69, 9.17) is 5.11 Å². The van der Waals surface area contributed by atoms with Crippen molar-refractivity contribution in [2.75, 3.05) is 31.2 Å². The van der Waals surface area contributed by atoms with Crippen LogP contribution in [0.15, 0.2) is 0 Å². The highest BCUT2D eigenvalue weighted by Gasteiger charge is 2.29. The third-order valence-corrected chi connectivity index (χ3v) is 6.08. The number of hydrogen-bond donors (Lipinski definition) is 1. The Hall–Kier alpha value is 0.220. The Bertz CT molecular complexity index is 314. The van der Waals surface area contributed by atoms with Gasteiger partial charge in [0.25, 0.3) is 0 Å². The first-order valence-electron chi connectivity index (χ1n) is 5.60. The van der Waals surface area contributed by atoms with Crippen molar-refractivity contribution in [3.63, 3.8) is 0 Å². The Morgan fingerprint density at radius 3 is 2.69 bits per heavy atom. The average Bonchev–Trinajstić information content (AvgIpc) is 2.36. The van der Waals surface area contributed by atoms with E-state index in [0.29, 0.717) is 19.5 Å². The molecule has 0 amide bonds. The fourth-order valence-corrected chi connectivity index (χ4v) is 4.36. The molecule has 0 aromatic heterocycles. The van der Waals surface area contributed by atoms with Gasteiger partial charge in [-0.25, -0.2) is 12.7 Å². The Kier molecular flexibility index (Phi) is 5.10. The van der Waals surface area contributed by atoms with Crippen molar-refractivity contribution < 1.29 is 13.5 Å². The predicted octanol–water partition coefficient (Wildman–Crippen LogP) is 0.916. The van der Waals surface area contributed by atoms with Crippen molar-refractivity contribution in [3.8, 4) is 0 Å². The van der Waals surface area contributed by atoms with Gasteiger partial charge in [-0.2, -0.15) is 11.8 Å². The van der Waals surface area contributed by atoms with Gasteiger partial charge < -0.3 is 5.11 Å². The van der Waals surface area contributed by atoms with E-state index in [-0.39, 0.29) is 17.1 Å². The smallest absolute Gasteiger partial charge is 0.214 e. The zero-order valence-corrected chi connectivity index (χ0v) is 11.6. The van der Waals surface area contributed by atoms with Crippen LogP contribution in [0.5, 0.6) is 0 Å². The van der Waals surface area contributed by atoms with Crippen molar-refractivity contribution in [2.24, 2.45) is 0 Å². The fraction of sp³-hybridized carbons (Fsp3) is 1.00. The van der Waals surface area contributed by atoms with Crippen molar-refractivity contribution in [1.82, 2.24) is 4.31 Å². The number of rotatable bonds is 4. The molecule has 1 aliphatic rings. The molecule has 1 rings (SSSR count). The molecule has 6 heteroatoms. The maximum absolute atomic E-state index is 11.9. The summed E-state index contributed by atoms with van der Waals surface area (Å²) < 4.78 is 25.6. The van der Waals surface area contributed by atoms with E-state index in [2.05, 4.69) is 13.8 Å². The molecule has 0 saturated carbocycles. The van der Waals surface area contributed by atoms with Gasteiger partial charge in [-0.3, -0.25) is 0 Å². The van der Waals surface area contributed by atoms with E-state index >= 15 is 0 Å². The molecule has 1 heterocycles. The predicted molar refractivity (Wildman–Crippen MR) is 68.2 cm³/mol. The molecule has 0 radical (unpaired) electrons. The van der Waals surface area contributed by atoms with E-state index in [9.17, 15) is 8.42 Å². The normalized spacial score (nSPS) is 22.9. The third kappa shape index (κ3) is 4.24. The molecular formula is C10H21NO3S2. The van der Waals surface area contributed by atoms with Gasteiger partial charge in [0.2, 0.25) is 10.0 Å². The Labute approximate surface area is 102 Å². The maximum Gasteiger partial charge on any atom is 0.214 e. The van der Waals surface area contributed by atoms with Gasteiger partial charge >= 0.3 is 0 Å². The van der Waals surface area contributed by atoms with Gasteiger partial charge in [-0.15, -0.1) is 0 Å². The molecule has 1 fully saturated rings. The van der Waals surface area contributed by atoms with E-state index in [1.54, 1.807) is 4.31 Å². The summed E-state index contributed by atoms with van der Waals surface area (Å²) in [6.07, 6.45) is 1.21. The highest BCUT2D eigenvalue weighted by molar-refractivity contribution is 8.00. The molecule has 0 spiro atoms. The summed E-state index contributed by atoms with van der Waals surface area (Å²) >= 11 is 1.83. The molecule has 1 saturated heterocycles. The second-order valence-electron chi connectivity index (χ2n) is 4.65. The summed E-state index contributed by atoms with van der Waals surface area (Å²) in [5, 5.41) is 8.68. The molecule has 0 unspecified atom stereocenters. The first-order valence-corrected chi connectivity index (χ1v) is 8.19. The SMILES string of the molecule is CC1(C)CCN(S(=O)(=O)CCCO)CCS1. The third-order valence-electron chi connectivity index (χ3n) is 2.75. The van der Waals surface area contributed by atoms with Crippen molar-refractivity contribution in [3.05, 3.63) is 0 Å². The summed E-state index contributed by atoms with van der Waals surface area (Å²) in [4.78, 5) is 0. The number of thioether (sulfide) groups is 1. The van der Waals surface area contributed by atoms with Crippen molar-refractivity contribution in [1.29, 1.82) is 0 Å². The molecule has 1 aliphatic heterocycles. The monoisotopic (exact) mass is 267 g/mol. The van der Waals surface area contributed by atoms with Crippen LogP contribution in [-0.4, -0.2) is 53.8 Å². The summed E-state index contributed by atoms with van der Waals surface area (Å²) in [5.41, 5.74) is 0. The lowest BCUT2D eigenvalue weighted by molar-refractivity contribution is 0.294. The molecule has 0 aliphatic carbocycles. The molecule has 96 valence electrons. The molecule has 0 aromatic carbocycles. The van der Waals surface area contributed by atoms with Crippen LogP contribution in [0.1, 0.15) is 26.7 Å². The quantitative estimate of drug-likeness (QED) is 0.823. The van der Waals surface area contributed by atoms with Gasteiger partial charge in [0.05, 0.1) is 5.75 Å². The molecule has 0 atom stereocenters. The molecule has 0 bridgehead atoms. The van der Waals surface area contributed by atoms with Crippen LogP contribution >= 0.6 is 11.8 Å². The lowest BCUT2D eigenvalue weighted by Gasteiger charge is -2.22. The standard InChI is InChI=1S/C10H21NO3S2/c1-10(2)4-5-11(6-8-15-10)16(13,14)9-3-7-12/h12H,3-9H2,1-2H3. The minimum Gasteiger partial charge on any atom is -0.396 e. The number of hydrogen-bond acceptors (Lipinski definition) is 4. The molecule has 16 heavy (non-hydrogen) atoms. The Morgan fingerprint density at radius 2 is 2.06 bits per heavy atom. The number of aliphatic hydroxyl groups is 1. The van der Waals surface area contributed by atoms with E-state index in [1.165, 1.54) is 0 Å². The molecule has 0 aromatic rings. The Balaban J connectivity index is 2.60. The van der Waals surface area contributed by atoms with Gasteiger partial charge in [-0.05, 0) is 12.8 Å². The molecule has 4 nitrogen and oxygen atoms in total. The van der Waals surface area contributed by atoms with Crippen LogP contribution in [-0.2, 0) is 10.0 Å². The van der Waals surface area contributed by atoms with Gasteiger partial charge in [0.15, 0.2) is 0 Å².